The van der Waals surface area contributed by atoms with Crippen molar-refractivity contribution < 1.29 is 62.9 Å². The second-order valence-electron chi connectivity index (χ2n) is 8.16. The van der Waals surface area contributed by atoms with Crippen LogP contribution in [0.1, 0.15) is 41.4 Å². The summed E-state index contributed by atoms with van der Waals surface area (Å²) in [5.74, 6) is -8.39. The van der Waals surface area contributed by atoms with E-state index in [2.05, 4.69) is 0 Å². The SMILES string of the molecule is COc1cc(C(=O)C(=O)c2cc(C(=O)C(=O)c3cc(OC)c(OC)c(OC)c3)c(O)c(O)c2O)cc(OC)c1OC. The fraction of sp³-hybridized carbons (Fsp3) is 0.214. The van der Waals surface area contributed by atoms with Crippen molar-refractivity contribution in [3.8, 4) is 51.7 Å². The van der Waals surface area contributed by atoms with Gasteiger partial charge in [0.1, 0.15) is 0 Å². The van der Waals surface area contributed by atoms with Crippen LogP contribution in [0.5, 0.6) is 51.7 Å². The van der Waals surface area contributed by atoms with Crippen molar-refractivity contribution in [1.29, 1.82) is 0 Å². The van der Waals surface area contributed by atoms with Gasteiger partial charge in [0.25, 0.3) is 0 Å². The summed E-state index contributed by atoms with van der Waals surface area (Å²) in [6.07, 6.45) is 0. The molecule has 0 amide bonds. The van der Waals surface area contributed by atoms with Crippen molar-refractivity contribution in [3.05, 3.63) is 52.6 Å². The normalized spacial score (nSPS) is 10.4. The highest BCUT2D eigenvalue weighted by Gasteiger charge is 2.32. The zero-order chi connectivity index (χ0) is 30.6. The van der Waals surface area contributed by atoms with E-state index < -0.39 is 51.5 Å². The predicted octanol–water partition coefficient (Wildman–Crippen LogP) is 2.99. The summed E-state index contributed by atoms with van der Waals surface area (Å²) in [4.78, 5) is 52.6. The molecule has 216 valence electrons. The molecule has 0 saturated carbocycles. The number of carbonyl (C=O) groups excluding carboxylic acids is 4. The first-order valence-electron chi connectivity index (χ1n) is 11.5. The molecule has 3 aromatic carbocycles. The van der Waals surface area contributed by atoms with Crippen LogP contribution in [0.4, 0.5) is 0 Å². The van der Waals surface area contributed by atoms with E-state index in [4.69, 9.17) is 28.4 Å². The van der Waals surface area contributed by atoms with Crippen LogP contribution in [0.25, 0.3) is 0 Å². The van der Waals surface area contributed by atoms with Gasteiger partial charge in [-0.3, -0.25) is 19.2 Å². The Balaban J connectivity index is 2.10. The number of hydrogen-bond donors (Lipinski definition) is 3. The van der Waals surface area contributed by atoms with E-state index in [9.17, 15) is 34.5 Å². The molecular formula is C28H26O13. The third-order valence-electron chi connectivity index (χ3n) is 6.00. The summed E-state index contributed by atoms with van der Waals surface area (Å²) in [7, 11) is 7.84. The topological polar surface area (TPSA) is 184 Å². The summed E-state index contributed by atoms with van der Waals surface area (Å²) >= 11 is 0. The van der Waals surface area contributed by atoms with Gasteiger partial charge in [-0.25, -0.2) is 0 Å². The third kappa shape index (κ3) is 5.37. The molecule has 0 unspecified atom stereocenters. The van der Waals surface area contributed by atoms with Crippen LogP contribution in [0, 0.1) is 0 Å². The zero-order valence-corrected chi connectivity index (χ0v) is 22.8. The van der Waals surface area contributed by atoms with Crippen molar-refractivity contribution in [2.75, 3.05) is 42.7 Å². The first kappa shape index (κ1) is 30.1. The number of phenols is 3. The Hall–Kier alpha value is -5.46. The Morgan fingerprint density at radius 3 is 0.976 bits per heavy atom. The summed E-state index contributed by atoms with van der Waals surface area (Å²) in [6.45, 7) is 0. The third-order valence-corrected chi connectivity index (χ3v) is 6.00. The molecule has 3 N–H and O–H groups in total. The Morgan fingerprint density at radius 2 is 0.732 bits per heavy atom. The van der Waals surface area contributed by atoms with Crippen LogP contribution >= 0.6 is 0 Å². The number of Topliss-reactive ketones (excluding diaryl/α,β-unsaturated/α-hetero) is 4. The van der Waals surface area contributed by atoms with Gasteiger partial charge in [0.2, 0.25) is 40.4 Å². The molecule has 13 nitrogen and oxygen atoms in total. The molecule has 0 aliphatic rings. The van der Waals surface area contributed by atoms with Gasteiger partial charge in [0.05, 0.1) is 53.8 Å². The zero-order valence-electron chi connectivity index (χ0n) is 22.8. The van der Waals surface area contributed by atoms with E-state index in [0.717, 1.165) is 0 Å². The first-order chi connectivity index (χ1) is 19.5. The predicted molar refractivity (Wildman–Crippen MR) is 141 cm³/mol. The van der Waals surface area contributed by atoms with Crippen LogP contribution in [0.2, 0.25) is 0 Å². The monoisotopic (exact) mass is 570 g/mol. The maximum atomic E-state index is 13.2. The Morgan fingerprint density at radius 1 is 0.439 bits per heavy atom. The molecule has 3 rings (SSSR count). The van der Waals surface area contributed by atoms with Crippen LogP contribution in [-0.2, 0) is 0 Å². The van der Waals surface area contributed by atoms with Gasteiger partial charge in [-0.15, -0.1) is 0 Å². The van der Waals surface area contributed by atoms with Crippen LogP contribution in [0.3, 0.4) is 0 Å². The Labute approximate surface area is 233 Å². The molecule has 0 aromatic heterocycles. The summed E-state index contributed by atoms with van der Waals surface area (Å²) in [5, 5.41) is 31.1. The molecule has 0 saturated heterocycles. The summed E-state index contributed by atoms with van der Waals surface area (Å²) in [6, 6.07) is 5.34. The first-order valence-corrected chi connectivity index (χ1v) is 11.5. The Bertz CT molecular complexity index is 1390. The average Bonchev–Trinajstić information content (AvgIpc) is 3.00. The lowest BCUT2D eigenvalue weighted by molar-refractivity contribution is 0.0809. The lowest BCUT2D eigenvalue weighted by atomic mass is 9.94. The van der Waals surface area contributed by atoms with Crippen molar-refractivity contribution in [2.45, 2.75) is 0 Å². The minimum atomic E-state index is -1.39. The number of phenolic OH excluding ortho intramolecular Hbond substituents is 3. The van der Waals surface area contributed by atoms with Crippen molar-refractivity contribution in [2.24, 2.45) is 0 Å². The molecule has 0 aliphatic carbocycles. The van der Waals surface area contributed by atoms with Crippen LogP contribution in [0.15, 0.2) is 30.3 Å². The van der Waals surface area contributed by atoms with Crippen LogP contribution < -0.4 is 28.4 Å². The quantitative estimate of drug-likeness (QED) is 0.164. The van der Waals surface area contributed by atoms with Gasteiger partial charge in [-0.05, 0) is 30.3 Å². The van der Waals surface area contributed by atoms with E-state index in [-0.39, 0.29) is 45.6 Å². The standard InChI is InChI=1S/C28H26O13/c1-36-16-7-12(8-17(37-2)27(16)40-5)20(29)22(31)14-11-15(25(34)26(35)24(14)33)23(32)21(30)13-9-18(38-3)28(41-6)19(10-13)39-4/h7-11,33-35H,1-6H3. The largest absolute Gasteiger partial charge is 0.504 e. The molecule has 41 heavy (non-hydrogen) atoms. The molecule has 0 spiro atoms. The number of rotatable bonds is 12. The van der Waals surface area contributed by atoms with Gasteiger partial charge < -0.3 is 43.7 Å². The number of carbonyl (C=O) groups is 4. The number of aromatic hydroxyl groups is 3. The van der Waals surface area contributed by atoms with Gasteiger partial charge in [0, 0.05) is 11.1 Å². The molecule has 0 fully saturated rings. The summed E-state index contributed by atoms with van der Waals surface area (Å²) < 4.78 is 31.1. The van der Waals surface area contributed by atoms with Gasteiger partial charge in [0.15, 0.2) is 34.5 Å². The smallest absolute Gasteiger partial charge is 0.237 e. The highest BCUT2D eigenvalue weighted by atomic mass is 16.5. The molecule has 0 radical (unpaired) electrons. The number of methoxy groups -OCH3 is 6. The maximum Gasteiger partial charge on any atom is 0.237 e. The molecule has 0 bridgehead atoms. The molecule has 3 aromatic rings. The van der Waals surface area contributed by atoms with Crippen LogP contribution in [-0.4, -0.2) is 81.1 Å². The summed E-state index contributed by atoms with van der Waals surface area (Å²) in [5.41, 5.74) is -2.23. The number of benzene rings is 3. The molecule has 0 heterocycles. The number of hydrogen-bond acceptors (Lipinski definition) is 13. The highest BCUT2D eigenvalue weighted by Crippen LogP contribution is 2.43. The Kier molecular flexibility index (Phi) is 8.92. The van der Waals surface area contributed by atoms with E-state index in [0.29, 0.717) is 6.07 Å². The number of ketones is 4. The maximum absolute atomic E-state index is 13.2. The lowest BCUT2D eigenvalue weighted by Gasteiger charge is -2.15. The van der Waals surface area contributed by atoms with Gasteiger partial charge in [-0.1, -0.05) is 0 Å². The lowest BCUT2D eigenvalue weighted by Crippen LogP contribution is -2.19. The number of ether oxygens (including phenoxy) is 6. The minimum Gasteiger partial charge on any atom is -0.504 e. The minimum absolute atomic E-state index is 0.0487. The molecular weight excluding hydrogens is 544 g/mol. The fourth-order valence-corrected chi connectivity index (χ4v) is 3.93. The van der Waals surface area contributed by atoms with E-state index in [1.54, 1.807) is 0 Å². The van der Waals surface area contributed by atoms with Gasteiger partial charge in [-0.2, -0.15) is 0 Å². The van der Waals surface area contributed by atoms with Gasteiger partial charge >= 0.3 is 0 Å². The molecule has 0 aliphatic heterocycles. The molecule has 0 atom stereocenters. The van der Waals surface area contributed by atoms with E-state index >= 15 is 0 Å². The van der Waals surface area contributed by atoms with Crippen molar-refractivity contribution in [1.82, 2.24) is 0 Å². The fourth-order valence-electron chi connectivity index (χ4n) is 3.93. The molecule has 13 heteroatoms. The second kappa shape index (κ2) is 12.2. The second-order valence-corrected chi connectivity index (χ2v) is 8.16. The highest BCUT2D eigenvalue weighted by molar-refractivity contribution is 6.52. The van der Waals surface area contributed by atoms with E-state index in [1.165, 1.54) is 66.9 Å². The van der Waals surface area contributed by atoms with Crippen molar-refractivity contribution >= 4 is 23.1 Å². The van der Waals surface area contributed by atoms with E-state index in [1.807, 2.05) is 0 Å². The average molecular weight is 571 g/mol. The van der Waals surface area contributed by atoms with Crippen molar-refractivity contribution in [3.63, 3.8) is 0 Å².